The standard InChI is InChI=1S/C11H21NO2Si/c1-9(13)12-10-5-7-11(8-6-10)14-15(2,3)4/h5,7,10-11H,6,8H2,1-4H3,(H,12,13)/t10-,11-/m0/s1. The van der Waals surface area contributed by atoms with Gasteiger partial charge in [0.2, 0.25) is 5.91 Å². The first-order chi connectivity index (χ1) is 6.87. The highest BCUT2D eigenvalue weighted by Gasteiger charge is 2.22. The van der Waals surface area contributed by atoms with Crippen LogP contribution in [0.4, 0.5) is 0 Å². The van der Waals surface area contributed by atoms with E-state index in [0.29, 0.717) is 0 Å². The van der Waals surface area contributed by atoms with Crippen molar-refractivity contribution in [3.63, 3.8) is 0 Å². The molecule has 86 valence electrons. The first-order valence-electron chi connectivity index (χ1n) is 5.50. The van der Waals surface area contributed by atoms with E-state index >= 15 is 0 Å². The van der Waals surface area contributed by atoms with Crippen molar-refractivity contribution in [1.29, 1.82) is 0 Å². The maximum atomic E-state index is 10.9. The van der Waals surface area contributed by atoms with Crippen molar-refractivity contribution in [2.45, 2.75) is 51.6 Å². The van der Waals surface area contributed by atoms with Gasteiger partial charge in [0, 0.05) is 13.0 Å². The second kappa shape index (κ2) is 4.94. The van der Waals surface area contributed by atoms with Crippen LogP contribution in [0.1, 0.15) is 19.8 Å². The minimum Gasteiger partial charge on any atom is -0.411 e. The number of rotatable bonds is 3. The summed E-state index contributed by atoms with van der Waals surface area (Å²) in [5, 5.41) is 2.90. The monoisotopic (exact) mass is 227 g/mol. The van der Waals surface area contributed by atoms with Gasteiger partial charge < -0.3 is 9.74 Å². The van der Waals surface area contributed by atoms with Crippen LogP contribution in [-0.4, -0.2) is 26.4 Å². The van der Waals surface area contributed by atoms with Gasteiger partial charge in [-0.05, 0) is 32.5 Å². The summed E-state index contributed by atoms with van der Waals surface area (Å²) in [5.74, 6) is 0.0363. The molecule has 1 N–H and O–H groups in total. The van der Waals surface area contributed by atoms with Crippen molar-refractivity contribution in [2.24, 2.45) is 0 Å². The number of hydrogen-bond donors (Lipinski definition) is 1. The van der Waals surface area contributed by atoms with Gasteiger partial charge in [0.25, 0.3) is 0 Å². The Kier molecular flexibility index (Phi) is 4.10. The van der Waals surface area contributed by atoms with Gasteiger partial charge in [0.1, 0.15) is 0 Å². The Morgan fingerprint density at radius 1 is 1.33 bits per heavy atom. The third-order valence-electron chi connectivity index (χ3n) is 2.21. The summed E-state index contributed by atoms with van der Waals surface area (Å²) < 4.78 is 5.97. The number of amides is 1. The zero-order valence-electron chi connectivity index (χ0n) is 10.0. The molecule has 0 fully saturated rings. The second-order valence-electron chi connectivity index (χ2n) is 5.04. The molecule has 15 heavy (non-hydrogen) atoms. The summed E-state index contributed by atoms with van der Waals surface area (Å²) in [4.78, 5) is 10.9. The molecule has 0 radical (unpaired) electrons. The molecule has 0 aromatic carbocycles. The number of nitrogens with one attached hydrogen (secondary N) is 1. The van der Waals surface area contributed by atoms with E-state index in [1.807, 2.05) is 0 Å². The predicted molar refractivity (Wildman–Crippen MR) is 64.2 cm³/mol. The lowest BCUT2D eigenvalue weighted by molar-refractivity contribution is -0.119. The Hall–Kier alpha value is -0.613. The van der Waals surface area contributed by atoms with Gasteiger partial charge in [-0.25, -0.2) is 0 Å². The van der Waals surface area contributed by atoms with Crippen LogP contribution in [0, 0.1) is 0 Å². The molecule has 0 aromatic heterocycles. The molecule has 0 unspecified atom stereocenters. The number of carbonyl (C=O) groups is 1. The Bertz CT molecular complexity index is 258. The van der Waals surface area contributed by atoms with Crippen molar-refractivity contribution in [3.8, 4) is 0 Å². The van der Waals surface area contributed by atoms with Gasteiger partial charge in [-0.15, -0.1) is 0 Å². The van der Waals surface area contributed by atoms with E-state index in [1.165, 1.54) is 0 Å². The Balaban J connectivity index is 2.41. The zero-order valence-corrected chi connectivity index (χ0v) is 11.0. The van der Waals surface area contributed by atoms with E-state index in [-0.39, 0.29) is 18.1 Å². The van der Waals surface area contributed by atoms with Crippen LogP contribution in [0.2, 0.25) is 19.6 Å². The predicted octanol–water partition coefficient (Wildman–Crippen LogP) is 2.06. The lowest BCUT2D eigenvalue weighted by atomic mass is 10.0. The fourth-order valence-corrected chi connectivity index (χ4v) is 2.83. The summed E-state index contributed by atoms with van der Waals surface area (Å²) in [6, 6.07) is 0.198. The fourth-order valence-electron chi connectivity index (χ4n) is 1.73. The van der Waals surface area contributed by atoms with Crippen LogP contribution in [-0.2, 0) is 9.22 Å². The highest BCUT2D eigenvalue weighted by Crippen LogP contribution is 2.18. The summed E-state index contributed by atoms with van der Waals surface area (Å²) in [6.07, 6.45) is 6.37. The smallest absolute Gasteiger partial charge is 0.217 e. The summed E-state index contributed by atoms with van der Waals surface area (Å²) in [6.45, 7) is 8.14. The molecule has 1 aliphatic carbocycles. The molecule has 0 aliphatic heterocycles. The minimum atomic E-state index is -1.44. The van der Waals surface area contributed by atoms with Crippen LogP contribution in [0.3, 0.4) is 0 Å². The van der Waals surface area contributed by atoms with Crippen LogP contribution >= 0.6 is 0 Å². The average molecular weight is 227 g/mol. The maximum Gasteiger partial charge on any atom is 0.217 e. The van der Waals surface area contributed by atoms with Gasteiger partial charge in [0.05, 0.1) is 6.10 Å². The topological polar surface area (TPSA) is 38.3 Å². The molecule has 0 heterocycles. The van der Waals surface area contributed by atoms with E-state index in [4.69, 9.17) is 4.43 Å². The Morgan fingerprint density at radius 3 is 2.40 bits per heavy atom. The molecule has 0 spiro atoms. The number of carbonyl (C=O) groups excluding carboxylic acids is 1. The Morgan fingerprint density at radius 2 is 2.00 bits per heavy atom. The van der Waals surface area contributed by atoms with Crippen molar-refractivity contribution >= 4 is 14.2 Å². The van der Waals surface area contributed by atoms with Gasteiger partial charge in [-0.3, -0.25) is 4.79 Å². The van der Waals surface area contributed by atoms with Gasteiger partial charge in [-0.1, -0.05) is 12.2 Å². The van der Waals surface area contributed by atoms with Gasteiger partial charge in [-0.2, -0.15) is 0 Å². The fraction of sp³-hybridized carbons (Fsp3) is 0.727. The van der Waals surface area contributed by atoms with E-state index in [9.17, 15) is 4.79 Å². The molecule has 4 heteroatoms. The highest BCUT2D eigenvalue weighted by molar-refractivity contribution is 6.69. The van der Waals surface area contributed by atoms with E-state index < -0.39 is 8.32 Å². The molecule has 0 saturated heterocycles. The zero-order chi connectivity index (χ0) is 11.5. The number of hydrogen-bond acceptors (Lipinski definition) is 2. The minimum absolute atomic E-state index is 0.0363. The highest BCUT2D eigenvalue weighted by atomic mass is 28.4. The Labute approximate surface area is 93.0 Å². The molecule has 2 atom stereocenters. The van der Waals surface area contributed by atoms with Crippen LogP contribution in [0.5, 0.6) is 0 Å². The summed E-state index contributed by atoms with van der Waals surface area (Å²) in [5.41, 5.74) is 0. The largest absolute Gasteiger partial charge is 0.411 e. The van der Waals surface area contributed by atoms with Crippen molar-refractivity contribution in [2.75, 3.05) is 0 Å². The molecule has 0 saturated carbocycles. The van der Waals surface area contributed by atoms with Crippen molar-refractivity contribution in [3.05, 3.63) is 12.2 Å². The van der Waals surface area contributed by atoms with Crippen LogP contribution in [0.15, 0.2) is 12.2 Å². The van der Waals surface area contributed by atoms with Crippen LogP contribution in [0.25, 0.3) is 0 Å². The van der Waals surface area contributed by atoms with Crippen LogP contribution < -0.4 is 5.32 Å². The first-order valence-corrected chi connectivity index (χ1v) is 8.91. The van der Waals surface area contributed by atoms with Crippen molar-refractivity contribution in [1.82, 2.24) is 5.32 Å². The molecule has 1 rings (SSSR count). The molecule has 0 bridgehead atoms. The van der Waals surface area contributed by atoms with Gasteiger partial charge in [0.15, 0.2) is 8.32 Å². The molecule has 1 aliphatic rings. The first kappa shape index (κ1) is 12.5. The SMILES string of the molecule is CC(=O)N[C@H]1C=C[C@H](O[Si](C)(C)C)CC1. The van der Waals surface area contributed by atoms with Crippen molar-refractivity contribution < 1.29 is 9.22 Å². The molecule has 3 nitrogen and oxygen atoms in total. The lowest BCUT2D eigenvalue weighted by Crippen LogP contribution is -2.37. The third-order valence-corrected chi connectivity index (χ3v) is 3.22. The second-order valence-corrected chi connectivity index (χ2v) is 9.50. The quantitative estimate of drug-likeness (QED) is 0.592. The molecular formula is C11H21NO2Si. The molecular weight excluding hydrogens is 206 g/mol. The molecule has 1 amide bonds. The van der Waals surface area contributed by atoms with Gasteiger partial charge >= 0.3 is 0 Å². The summed E-state index contributed by atoms with van der Waals surface area (Å²) in [7, 11) is -1.44. The average Bonchev–Trinajstić information content (AvgIpc) is 2.05. The van der Waals surface area contributed by atoms with E-state index in [1.54, 1.807) is 6.92 Å². The van der Waals surface area contributed by atoms with E-state index in [2.05, 4.69) is 37.1 Å². The normalized spacial score (nSPS) is 26.4. The lowest BCUT2D eigenvalue weighted by Gasteiger charge is -2.28. The summed E-state index contributed by atoms with van der Waals surface area (Å²) >= 11 is 0. The molecule has 0 aromatic rings. The maximum absolute atomic E-state index is 10.9. The van der Waals surface area contributed by atoms with E-state index in [0.717, 1.165) is 12.8 Å². The third kappa shape index (κ3) is 5.13.